The van der Waals surface area contributed by atoms with Crippen molar-refractivity contribution < 1.29 is 23.0 Å². The molecule has 0 amide bonds. The summed E-state index contributed by atoms with van der Waals surface area (Å²) in [6.07, 6.45) is 2.04. The van der Waals surface area contributed by atoms with E-state index in [1.54, 1.807) is 18.2 Å². The molecule has 8 nitrogen and oxygen atoms in total. The Bertz CT molecular complexity index is 1320. The summed E-state index contributed by atoms with van der Waals surface area (Å²) in [5.41, 5.74) is 2.03. The number of benzene rings is 2. The summed E-state index contributed by atoms with van der Waals surface area (Å²) >= 11 is 0. The van der Waals surface area contributed by atoms with E-state index in [1.807, 2.05) is 18.2 Å². The molecule has 1 aromatic heterocycles. The van der Waals surface area contributed by atoms with Crippen molar-refractivity contribution in [2.24, 2.45) is 0 Å². The lowest BCUT2D eigenvalue weighted by Gasteiger charge is -2.24. The topological polar surface area (TPSA) is 127 Å². The molecule has 0 fully saturated rings. The Morgan fingerprint density at radius 1 is 1.11 bits per heavy atom. The third-order valence-corrected chi connectivity index (χ3v) is 6.81. The van der Waals surface area contributed by atoms with Gasteiger partial charge in [-0.2, -0.15) is 5.26 Å². The molecule has 0 aliphatic heterocycles. The number of aliphatic hydroxyl groups excluding tert-OH is 2. The highest BCUT2D eigenvalue weighted by atomic mass is 32.2. The lowest BCUT2D eigenvalue weighted by molar-refractivity contribution is 0.0989. The molecule has 9 heteroatoms. The second kappa shape index (κ2) is 12.0. The van der Waals surface area contributed by atoms with E-state index in [0.717, 1.165) is 48.3 Å². The number of anilines is 1. The van der Waals surface area contributed by atoms with Crippen LogP contribution in [-0.4, -0.2) is 51.0 Å². The molecule has 35 heavy (non-hydrogen) atoms. The zero-order valence-electron chi connectivity index (χ0n) is 19.9. The monoisotopic (exact) mass is 497 g/mol. The highest BCUT2D eigenvalue weighted by molar-refractivity contribution is 7.93. The Balaban J connectivity index is 1.84. The molecular formula is C26H31N3O5S. The molecule has 0 saturated carbocycles. The predicted molar refractivity (Wildman–Crippen MR) is 138 cm³/mol. The maximum Gasteiger partial charge on any atom is 0.250 e. The van der Waals surface area contributed by atoms with E-state index < -0.39 is 34.2 Å². The molecule has 3 N–H and O–H groups in total. The Morgan fingerprint density at radius 2 is 1.80 bits per heavy atom. The van der Waals surface area contributed by atoms with Crippen LogP contribution in [0, 0.1) is 11.3 Å². The number of allylic oxidation sites excluding steroid dienone is 1. The molecule has 0 bridgehead atoms. The van der Waals surface area contributed by atoms with Crippen molar-refractivity contribution in [3.05, 3.63) is 59.2 Å². The second-order valence-corrected chi connectivity index (χ2v) is 9.98. The number of nitrogens with zero attached hydrogens (tertiary/aromatic N) is 2. The first kappa shape index (κ1) is 26.4. The number of nitrogens with one attached hydrogen (secondary N) is 1. The largest absolute Gasteiger partial charge is 0.457 e. The lowest BCUT2D eigenvalue weighted by atomic mass is 10.0. The van der Waals surface area contributed by atoms with Gasteiger partial charge in [0.1, 0.15) is 17.6 Å². The fourth-order valence-electron chi connectivity index (χ4n) is 3.73. The molecular weight excluding hydrogens is 466 g/mol. The third kappa shape index (κ3) is 6.71. The smallest absolute Gasteiger partial charge is 0.250 e. The van der Waals surface area contributed by atoms with E-state index in [0.29, 0.717) is 5.76 Å². The van der Waals surface area contributed by atoms with Crippen LogP contribution >= 0.6 is 0 Å². The van der Waals surface area contributed by atoms with Gasteiger partial charge in [-0.3, -0.25) is 0 Å². The molecule has 3 aromatic rings. The summed E-state index contributed by atoms with van der Waals surface area (Å²) in [7, 11) is -4.16. The average molecular weight is 498 g/mol. The van der Waals surface area contributed by atoms with Gasteiger partial charge in [-0.15, -0.1) is 0 Å². The minimum absolute atomic E-state index is 0.204. The number of nitriles is 1. The van der Waals surface area contributed by atoms with Crippen molar-refractivity contribution in [2.45, 2.75) is 32.8 Å². The van der Waals surface area contributed by atoms with E-state index >= 15 is 0 Å². The lowest BCUT2D eigenvalue weighted by Crippen LogP contribution is -2.34. The van der Waals surface area contributed by atoms with Crippen LogP contribution in [0.1, 0.15) is 32.4 Å². The van der Waals surface area contributed by atoms with Crippen LogP contribution in [0.3, 0.4) is 0 Å². The Kier molecular flexibility index (Phi) is 9.07. The fraction of sp³-hybridized carbons (Fsp3) is 0.346. The molecule has 1 unspecified atom stereocenters. The van der Waals surface area contributed by atoms with Crippen LogP contribution in [0.25, 0.3) is 28.2 Å². The fourth-order valence-corrected chi connectivity index (χ4v) is 4.68. The summed E-state index contributed by atoms with van der Waals surface area (Å²) in [6, 6.07) is 17.3. The maximum absolute atomic E-state index is 12.3. The molecule has 0 aliphatic carbocycles. The average Bonchev–Trinajstić information content (AvgIpc) is 3.33. The van der Waals surface area contributed by atoms with E-state index in [9.17, 15) is 18.8 Å². The van der Waals surface area contributed by atoms with Crippen LogP contribution in [-0.2, 0) is 10.0 Å². The van der Waals surface area contributed by atoms with Crippen LogP contribution in [0.5, 0.6) is 0 Å². The van der Waals surface area contributed by atoms with Crippen molar-refractivity contribution >= 4 is 32.6 Å². The van der Waals surface area contributed by atoms with Gasteiger partial charge in [-0.05, 0) is 53.9 Å². The van der Waals surface area contributed by atoms with Crippen LogP contribution < -0.4 is 9.62 Å². The summed E-state index contributed by atoms with van der Waals surface area (Å²) < 4.78 is 32.6. The maximum atomic E-state index is 12.3. The van der Waals surface area contributed by atoms with E-state index in [4.69, 9.17) is 9.52 Å². The molecule has 1 heterocycles. The normalized spacial score (nSPS) is 13.1. The molecule has 186 valence electrons. The molecule has 2 aromatic carbocycles. The highest BCUT2D eigenvalue weighted by Gasteiger charge is 2.19. The van der Waals surface area contributed by atoms with Crippen molar-refractivity contribution in [3.63, 3.8) is 0 Å². The predicted octanol–water partition coefficient (Wildman–Crippen LogP) is 3.86. The molecule has 0 saturated heterocycles. The van der Waals surface area contributed by atoms with Gasteiger partial charge in [0, 0.05) is 37.0 Å². The zero-order valence-corrected chi connectivity index (χ0v) is 20.8. The zero-order chi connectivity index (χ0) is 25.4. The first-order valence-corrected chi connectivity index (χ1v) is 13.1. The third-order valence-electron chi connectivity index (χ3n) is 5.48. The number of furan rings is 1. The first-order chi connectivity index (χ1) is 16.8. The van der Waals surface area contributed by atoms with Crippen LogP contribution in [0.2, 0.25) is 0 Å². The van der Waals surface area contributed by atoms with Crippen molar-refractivity contribution in [1.82, 2.24) is 4.72 Å². The number of aliphatic hydroxyl groups is 2. The van der Waals surface area contributed by atoms with Gasteiger partial charge in [0.15, 0.2) is 4.91 Å². The Morgan fingerprint density at radius 3 is 2.46 bits per heavy atom. The quantitative estimate of drug-likeness (QED) is 0.324. The summed E-state index contributed by atoms with van der Waals surface area (Å²) in [5, 5.41) is 29.7. The highest BCUT2D eigenvalue weighted by Crippen LogP contribution is 2.29. The number of rotatable bonds is 12. The van der Waals surface area contributed by atoms with E-state index in [1.165, 1.54) is 5.69 Å². The molecule has 0 spiro atoms. The minimum atomic E-state index is -4.16. The van der Waals surface area contributed by atoms with E-state index in [2.05, 4.69) is 41.7 Å². The van der Waals surface area contributed by atoms with Gasteiger partial charge < -0.3 is 19.5 Å². The number of hydrogen-bond acceptors (Lipinski definition) is 7. The molecule has 0 radical (unpaired) electrons. The number of fused-ring (bicyclic) bond motifs is 1. The van der Waals surface area contributed by atoms with Crippen molar-refractivity contribution in [2.75, 3.05) is 31.1 Å². The van der Waals surface area contributed by atoms with Gasteiger partial charge in [0.05, 0.1) is 12.7 Å². The van der Waals surface area contributed by atoms with Gasteiger partial charge in [0.25, 0.3) is 10.0 Å². The summed E-state index contributed by atoms with van der Waals surface area (Å²) in [6.45, 7) is 5.37. The van der Waals surface area contributed by atoms with Crippen LogP contribution in [0.15, 0.2) is 57.9 Å². The first-order valence-electron chi connectivity index (χ1n) is 11.6. The van der Waals surface area contributed by atoms with Crippen molar-refractivity contribution in [1.29, 1.82) is 5.26 Å². The molecule has 1 atom stereocenters. The Labute approximate surface area is 206 Å². The van der Waals surface area contributed by atoms with E-state index in [-0.39, 0.29) is 5.76 Å². The van der Waals surface area contributed by atoms with Gasteiger partial charge in [-0.25, -0.2) is 13.1 Å². The summed E-state index contributed by atoms with van der Waals surface area (Å²) in [5.74, 6) is 0.744. The second-order valence-electron chi connectivity index (χ2n) is 8.24. The van der Waals surface area contributed by atoms with Gasteiger partial charge in [-0.1, -0.05) is 32.0 Å². The number of hydrogen-bond donors (Lipinski definition) is 3. The SMILES string of the molecule is CCCN(CCC)c1ccc2cc(-c3ccc(C=C(C#N)S(=O)(=O)NCC(O)CO)o3)ccc2c1. The molecule has 0 aliphatic rings. The van der Waals surface area contributed by atoms with Gasteiger partial charge >= 0.3 is 0 Å². The minimum Gasteiger partial charge on any atom is -0.457 e. The summed E-state index contributed by atoms with van der Waals surface area (Å²) in [4.78, 5) is 1.83. The van der Waals surface area contributed by atoms with Crippen LogP contribution in [0.4, 0.5) is 5.69 Å². The van der Waals surface area contributed by atoms with Gasteiger partial charge in [0.2, 0.25) is 0 Å². The Hall–Kier alpha value is -3.16. The standard InChI is InChI=1S/C26H31N3O5S/c1-3-11-29(12-4-2)22-8-7-19-13-21(6-5-20(19)14-22)26-10-9-24(34-26)15-25(16-27)35(32,33)28-17-23(31)18-30/h5-10,13-15,23,28,30-31H,3-4,11-12,17-18H2,1-2H3. The molecule has 3 rings (SSSR count). The van der Waals surface area contributed by atoms with Crippen molar-refractivity contribution in [3.8, 4) is 17.4 Å². The number of sulfonamides is 1.